The van der Waals surface area contributed by atoms with Crippen molar-refractivity contribution in [3.63, 3.8) is 0 Å². The van der Waals surface area contributed by atoms with Crippen LogP contribution in [-0.4, -0.2) is 51.9 Å². The summed E-state index contributed by atoms with van der Waals surface area (Å²) in [5.74, 6) is 1.91. The summed E-state index contributed by atoms with van der Waals surface area (Å²) in [6, 6.07) is 2.30. The largest absolute Gasteiger partial charge is 0.354 e. The van der Waals surface area contributed by atoms with Crippen LogP contribution in [0.15, 0.2) is 18.6 Å². The summed E-state index contributed by atoms with van der Waals surface area (Å²) in [5.41, 5.74) is 0.867. The molecular formula is C16H21N5O. The molecule has 1 amide bonds. The molecule has 1 saturated heterocycles. The standard InChI is InChI=1S/C16H21N5O/c1-20(14(22)8-11-2-3-11)12-5-7-21(9-12)16-13-4-6-17-15(13)18-10-19-16/h4,6,10-12H,2-3,5,7-9H2,1H3,(H,17,18,19)/t12-/m1/s1. The molecule has 1 N–H and O–H groups in total. The second-order valence-electron chi connectivity index (χ2n) is 6.48. The lowest BCUT2D eigenvalue weighted by atomic mass is 10.2. The fourth-order valence-corrected chi connectivity index (χ4v) is 3.28. The summed E-state index contributed by atoms with van der Waals surface area (Å²) in [5, 5.41) is 1.05. The smallest absolute Gasteiger partial charge is 0.222 e. The lowest BCUT2D eigenvalue weighted by Crippen LogP contribution is -2.39. The van der Waals surface area contributed by atoms with E-state index in [1.165, 1.54) is 12.8 Å². The first-order valence-electron chi connectivity index (χ1n) is 8.01. The van der Waals surface area contributed by atoms with Crippen molar-refractivity contribution in [3.05, 3.63) is 18.6 Å². The summed E-state index contributed by atoms with van der Waals surface area (Å²) >= 11 is 0. The SMILES string of the molecule is CN(C(=O)CC1CC1)[C@@H]1CCN(c2ncnc3[nH]ccc23)C1. The third kappa shape index (κ3) is 2.42. The van der Waals surface area contributed by atoms with Gasteiger partial charge in [0.1, 0.15) is 17.8 Å². The molecule has 6 nitrogen and oxygen atoms in total. The normalized spacial score (nSPS) is 21.5. The highest BCUT2D eigenvalue weighted by atomic mass is 16.2. The van der Waals surface area contributed by atoms with E-state index < -0.39 is 0 Å². The summed E-state index contributed by atoms with van der Waals surface area (Å²) in [6.45, 7) is 1.78. The first-order chi connectivity index (χ1) is 10.7. The average molecular weight is 299 g/mol. The Morgan fingerprint density at radius 2 is 2.27 bits per heavy atom. The molecule has 4 rings (SSSR count). The molecule has 0 aromatic carbocycles. The first-order valence-corrected chi connectivity index (χ1v) is 8.01. The van der Waals surface area contributed by atoms with E-state index in [1.807, 2.05) is 24.2 Å². The second kappa shape index (κ2) is 5.26. The molecule has 0 bridgehead atoms. The zero-order valence-electron chi connectivity index (χ0n) is 12.8. The van der Waals surface area contributed by atoms with Crippen LogP contribution in [0.1, 0.15) is 25.7 Å². The lowest BCUT2D eigenvalue weighted by Gasteiger charge is -2.25. The number of fused-ring (bicyclic) bond motifs is 1. The zero-order valence-corrected chi connectivity index (χ0v) is 12.8. The van der Waals surface area contributed by atoms with Gasteiger partial charge >= 0.3 is 0 Å². The number of amides is 1. The van der Waals surface area contributed by atoms with E-state index in [1.54, 1.807) is 6.33 Å². The Labute approximate surface area is 129 Å². The number of hydrogen-bond donors (Lipinski definition) is 1. The molecule has 1 saturated carbocycles. The van der Waals surface area contributed by atoms with Gasteiger partial charge < -0.3 is 14.8 Å². The predicted octanol–water partition coefficient (Wildman–Crippen LogP) is 1.80. The van der Waals surface area contributed by atoms with E-state index in [9.17, 15) is 4.79 Å². The van der Waals surface area contributed by atoms with Crippen LogP contribution < -0.4 is 4.90 Å². The van der Waals surface area contributed by atoms with Gasteiger partial charge in [-0.2, -0.15) is 0 Å². The minimum Gasteiger partial charge on any atom is -0.354 e. The number of carbonyl (C=O) groups excluding carboxylic acids is 1. The summed E-state index contributed by atoms with van der Waals surface area (Å²) < 4.78 is 0. The molecule has 0 spiro atoms. The van der Waals surface area contributed by atoms with Crippen LogP contribution in [0.5, 0.6) is 0 Å². The minimum atomic E-state index is 0.287. The Bertz CT molecular complexity index is 693. The van der Waals surface area contributed by atoms with Gasteiger partial charge in [-0.25, -0.2) is 9.97 Å². The number of rotatable bonds is 4. The Hall–Kier alpha value is -2.11. The molecule has 2 aromatic heterocycles. The van der Waals surface area contributed by atoms with Gasteiger partial charge in [-0.3, -0.25) is 4.79 Å². The molecule has 2 fully saturated rings. The number of hydrogen-bond acceptors (Lipinski definition) is 4. The van der Waals surface area contributed by atoms with E-state index in [2.05, 4.69) is 19.9 Å². The van der Waals surface area contributed by atoms with Gasteiger partial charge in [0.15, 0.2) is 0 Å². The van der Waals surface area contributed by atoms with Gasteiger partial charge in [0, 0.05) is 32.8 Å². The molecule has 2 aromatic rings. The molecule has 1 aliphatic carbocycles. The first kappa shape index (κ1) is 13.5. The molecule has 22 heavy (non-hydrogen) atoms. The Balaban J connectivity index is 1.47. The van der Waals surface area contributed by atoms with Crippen molar-refractivity contribution in [2.45, 2.75) is 31.7 Å². The molecule has 3 heterocycles. The zero-order chi connectivity index (χ0) is 15.1. The molecule has 1 atom stereocenters. The number of nitrogens with zero attached hydrogens (tertiary/aromatic N) is 4. The third-order valence-electron chi connectivity index (χ3n) is 4.90. The Kier molecular flexibility index (Phi) is 3.24. The summed E-state index contributed by atoms with van der Waals surface area (Å²) in [6.07, 6.45) is 7.67. The van der Waals surface area contributed by atoms with Gasteiger partial charge in [-0.15, -0.1) is 0 Å². The maximum Gasteiger partial charge on any atom is 0.222 e. The minimum absolute atomic E-state index is 0.287. The second-order valence-corrected chi connectivity index (χ2v) is 6.48. The van der Waals surface area contributed by atoms with E-state index >= 15 is 0 Å². The predicted molar refractivity (Wildman–Crippen MR) is 84.6 cm³/mol. The lowest BCUT2D eigenvalue weighted by molar-refractivity contribution is -0.131. The van der Waals surface area contributed by atoms with Gasteiger partial charge in [0.2, 0.25) is 5.91 Å². The molecular weight excluding hydrogens is 278 g/mol. The number of H-pyrrole nitrogens is 1. The number of anilines is 1. The molecule has 0 unspecified atom stereocenters. The van der Waals surface area contributed by atoms with Crippen LogP contribution in [0.2, 0.25) is 0 Å². The highest BCUT2D eigenvalue weighted by Gasteiger charge is 2.32. The highest BCUT2D eigenvalue weighted by Crippen LogP contribution is 2.33. The summed E-state index contributed by atoms with van der Waals surface area (Å²) in [4.78, 5) is 28.3. The van der Waals surface area contributed by atoms with Crippen LogP contribution in [0.25, 0.3) is 11.0 Å². The quantitative estimate of drug-likeness (QED) is 0.935. The van der Waals surface area contributed by atoms with Crippen molar-refractivity contribution >= 4 is 22.8 Å². The van der Waals surface area contributed by atoms with Crippen molar-refractivity contribution in [2.75, 3.05) is 25.0 Å². The van der Waals surface area contributed by atoms with E-state index in [0.29, 0.717) is 11.8 Å². The van der Waals surface area contributed by atoms with E-state index in [4.69, 9.17) is 0 Å². The van der Waals surface area contributed by atoms with Crippen molar-refractivity contribution in [1.82, 2.24) is 19.9 Å². The molecule has 116 valence electrons. The van der Waals surface area contributed by atoms with Crippen LogP contribution >= 0.6 is 0 Å². The van der Waals surface area contributed by atoms with Crippen LogP contribution in [-0.2, 0) is 4.79 Å². The van der Waals surface area contributed by atoms with Crippen LogP contribution in [0.4, 0.5) is 5.82 Å². The average Bonchev–Trinajstić information content (AvgIpc) is 3.05. The van der Waals surface area contributed by atoms with Crippen molar-refractivity contribution in [3.8, 4) is 0 Å². The fraction of sp³-hybridized carbons (Fsp3) is 0.562. The monoisotopic (exact) mass is 299 g/mol. The van der Waals surface area contributed by atoms with Gasteiger partial charge in [-0.1, -0.05) is 0 Å². The van der Waals surface area contributed by atoms with Gasteiger partial charge in [0.05, 0.1) is 11.4 Å². The van der Waals surface area contributed by atoms with Gasteiger partial charge in [-0.05, 0) is 31.2 Å². The summed E-state index contributed by atoms with van der Waals surface area (Å²) in [7, 11) is 1.95. The number of aromatic nitrogens is 3. The molecule has 2 aliphatic rings. The number of nitrogens with one attached hydrogen (secondary N) is 1. The highest BCUT2D eigenvalue weighted by molar-refractivity contribution is 5.87. The van der Waals surface area contributed by atoms with E-state index in [0.717, 1.165) is 42.8 Å². The molecule has 6 heteroatoms. The number of carbonyl (C=O) groups is 1. The third-order valence-corrected chi connectivity index (χ3v) is 4.90. The molecule has 1 aliphatic heterocycles. The van der Waals surface area contributed by atoms with E-state index in [-0.39, 0.29) is 6.04 Å². The van der Waals surface area contributed by atoms with Crippen molar-refractivity contribution in [1.29, 1.82) is 0 Å². The van der Waals surface area contributed by atoms with Crippen molar-refractivity contribution in [2.24, 2.45) is 5.92 Å². The van der Waals surface area contributed by atoms with Crippen LogP contribution in [0, 0.1) is 5.92 Å². The maximum atomic E-state index is 12.3. The number of aromatic amines is 1. The fourth-order valence-electron chi connectivity index (χ4n) is 3.28. The Morgan fingerprint density at radius 3 is 3.09 bits per heavy atom. The van der Waals surface area contributed by atoms with Crippen LogP contribution in [0.3, 0.4) is 0 Å². The van der Waals surface area contributed by atoms with Crippen molar-refractivity contribution < 1.29 is 4.79 Å². The Morgan fingerprint density at radius 1 is 1.41 bits per heavy atom. The van der Waals surface area contributed by atoms with Gasteiger partial charge in [0.25, 0.3) is 0 Å². The maximum absolute atomic E-state index is 12.3. The molecule has 0 radical (unpaired) electrons. The topological polar surface area (TPSA) is 65.1 Å². The number of likely N-dealkylation sites (N-methyl/N-ethyl adjacent to an activating group) is 1.